The van der Waals surface area contributed by atoms with E-state index in [1.807, 2.05) is 22.7 Å². The summed E-state index contributed by atoms with van der Waals surface area (Å²) in [6.45, 7) is -0.530. The molecule has 0 saturated carbocycles. The van der Waals surface area contributed by atoms with Crippen LogP contribution in [0.5, 0.6) is 11.5 Å². The van der Waals surface area contributed by atoms with Crippen molar-refractivity contribution in [3.05, 3.63) is 370 Å². The number of nitrogens with zero attached hydrogens (tertiary/aromatic N) is 5. The van der Waals surface area contributed by atoms with Crippen LogP contribution in [0.25, 0.3) is 62.6 Å². The Morgan fingerprint density at radius 1 is 0.274 bits per heavy atom. The Bertz CT molecular complexity index is 6460. The first-order chi connectivity index (χ1) is 52.6. The molecule has 6 heterocycles. The van der Waals surface area contributed by atoms with Crippen LogP contribution in [-0.2, 0) is 0 Å². The van der Waals surface area contributed by atoms with E-state index in [4.69, 9.17) is 4.74 Å². The van der Waals surface area contributed by atoms with E-state index in [2.05, 4.69) is 395 Å². The molecule has 10 heteroatoms. The highest BCUT2D eigenvalue weighted by atomic mass is 32.1. The zero-order valence-corrected chi connectivity index (χ0v) is 59.0. The van der Waals surface area contributed by atoms with Gasteiger partial charge >= 0.3 is 0 Å². The van der Waals surface area contributed by atoms with Gasteiger partial charge in [0.1, 0.15) is 11.5 Å². The second-order valence-corrected chi connectivity index (χ2v) is 29.9. The standard InChI is InChI=1S/C96H61B2N5OS2/c1-7-30-62(31-8-1)70-44-27-45-71(63-32-9-2-10-33-63)95(70)103-83-61-82-77(60-78(83)97-75-47-21-23-49-79(75)101(67-40-17-6-18-41-67)84-56-68(57-85(103)93(84)97)99(64-34-11-3-12-35-64)65-36-13-4-14-37-65)98-76-48-22-24-52-87(76)104-88-59-69(58-86(94(88)98)102(82)80-50-29-55-91-92(80)74-43-20-26-54-90(74)105-91)100(66-38-15-5-16-39-66)81-51-28-46-73-72-42-19-25-53-89(72)106-96(73)81/h1-61H. The van der Waals surface area contributed by atoms with Crippen molar-refractivity contribution in [1.82, 2.24) is 0 Å². The van der Waals surface area contributed by atoms with Gasteiger partial charge in [0.15, 0.2) is 0 Å². The van der Waals surface area contributed by atoms with Crippen LogP contribution >= 0.6 is 22.7 Å². The van der Waals surface area contributed by atoms with Crippen molar-refractivity contribution in [3.8, 4) is 33.8 Å². The van der Waals surface area contributed by atoms with Gasteiger partial charge in [0.25, 0.3) is 13.4 Å². The molecular weight excluding hydrogens is 1320 g/mol. The lowest BCUT2D eigenvalue weighted by molar-refractivity contribution is 0.487. The quantitative estimate of drug-likeness (QED) is 0.120. The molecule has 18 aromatic rings. The van der Waals surface area contributed by atoms with Gasteiger partial charge in [-0.05, 0) is 159 Å². The fraction of sp³-hybridized carbons (Fsp3) is 0. The summed E-state index contributed by atoms with van der Waals surface area (Å²) in [5, 5.41) is 4.91. The predicted octanol–water partition coefficient (Wildman–Crippen LogP) is 23.2. The summed E-state index contributed by atoms with van der Waals surface area (Å²) >= 11 is 3.71. The summed E-state index contributed by atoms with van der Waals surface area (Å²) in [5.74, 6) is 1.67. The molecule has 0 atom stereocenters. The molecule has 0 bridgehead atoms. The van der Waals surface area contributed by atoms with Crippen molar-refractivity contribution >= 4 is 195 Å². The SMILES string of the molecule is c1ccc(-c2cccc(-c3ccccc3)c2N2c3cc4c(cc3B3c5ccccc5N(c5ccccc5)c5cc(N(c6ccccc6)c6ccccc6)cc2c53)B2c3ccccc3Oc3cc(N(c5ccccc5)c5cccc6c5sc5ccccc56)cc(c32)N4c2cccc3sc4ccccc4c23)cc1. The van der Waals surface area contributed by atoms with Gasteiger partial charge in [-0.2, -0.15) is 0 Å². The molecule has 4 aliphatic rings. The molecular formula is C96H61B2N5OS2. The first-order valence-corrected chi connectivity index (χ1v) is 37.9. The van der Waals surface area contributed by atoms with E-state index in [0.717, 1.165) is 130 Å². The van der Waals surface area contributed by atoms with Crippen molar-refractivity contribution in [1.29, 1.82) is 0 Å². The molecule has 0 radical (unpaired) electrons. The monoisotopic (exact) mass is 1390 g/mol. The highest BCUT2D eigenvalue weighted by molar-refractivity contribution is 7.26. The highest BCUT2D eigenvalue weighted by Gasteiger charge is 2.49. The maximum absolute atomic E-state index is 7.60. The molecule has 0 N–H and O–H groups in total. The first kappa shape index (κ1) is 60.5. The normalized spacial score (nSPS) is 12.9. The number of fused-ring (bicyclic) bond motifs is 14. The molecule has 16 aromatic carbocycles. The van der Waals surface area contributed by atoms with E-state index < -0.39 is 0 Å². The molecule has 4 aliphatic heterocycles. The van der Waals surface area contributed by atoms with Crippen LogP contribution in [0.2, 0.25) is 0 Å². The number of hydrogen-bond acceptors (Lipinski definition) is 8. The lowest BCUT2D eigenvalue weighted by atomic mass is 9.30. The minimum atomic E-state index is -0.270. The summed E-state index contributed by atoms with van der Waals surface area (Å²) in [7, 11) is 0. The highest BCUT2D eigenvalue weighted by Crippen LogP contribution is 2.56. The molecule has 0 saturated heterocycles. The Morgan fingerprint density at radius 3 is 1.43 bits per heavy atom. The van der Waals surface area contributed by atoms with Crippen LogP contribution in [0, 0.1) is 0 Å². The molecule has 2 aromatic heterocycles. The zero-order valence-electron chi connectivity index (χ0n) is 57.3. The van der Waals surface area contributed by atoms with E-state index >= 15 is 0 Å². The van der Waals surface area contributed by atoms with Crippen molar-refractivity contribution in [2.45, 2.75) is 0 Å². The Balaban J connectivity index is 0.904. The second-order valence-electron chi connectivity index (χ2n) is 27.8. The molecule has 6 nitrogen and oxygen atoms in total. The first-order valence-electron chi connectivity index (χ1n) is 36.3. The Morgan fingerprint density at radius 2 is 0.755 bits per heavy atom. The van der Waals surface area contributed by atoms with E-state index in [-0.39, 0.29) is 13.4 Å². The largest absolute Gasteiger partial charge is 0.458 e. The third kappa shape index (κ3) is 9.31. The molecule has 0 unspecified atom stereocenters. The van der Waals surface area contributed by atoms with Crippen LogP contribution in [0.3, 0.4) is 0 Å². The number of benzene rings is 16. The molecule has 494 valence electrons. The molecule has 22 rings (SSSR count). The fourth-order valence-electron chi connectivity index (χ4n) is 17.7. The smallest absolute Gasteiger partial charge is 0.256 e. The molecule has 0 amide bonds. The lowest BCUT2D eigenvalue weighted by Crippen LogP contribution is -2.64. The van der Waals surface area contributed by atoms with Crippen LogP contribution < -0.4 is 62.0 Å². The maximum atomic E-state index is 7.60. The summed E-state index contributed by atoms with van der Waals surface area (Å²) in [5.41, 5.74) is 27.6. The Labute approximate surface area is 623 Å². The number of hydrogen-bond donors (Lipinski definition) is 0. The summed E-state index contributed by atoms with van der Waals surface area (Å²) in [4.78, 5) is 12.8. The van der Waals surface area contributed by atoms with E-state index in [9.17, 15) is 0 Å². The van der Waals surface area contributed by atoms with Crippen molar-refractivity contribution in [2.24, 2.45) is 0 Å². The summed E-state index contributed by atoms with van der Waals surface area (Å²) in [6.07, 6.45) is 0. The maximum Gasteiger partial charge on any atom is 0.256 e. The number of para-hydroxylation sites is 7. The van der Waals surface area contributed by atoms with Gasteiger partial charge in [-0.25, -0.2) is 0 Å². The average molecular weight is 1390 g/mol. The average Bonchev–Trinajstić information content (AvgIpc) is 1.00. The lowest BCUT2D eigenvalue weighted by Gasteiger charge is -2.47. The van der Waals surface area contributed by atoms with Crippen LogP contribution in [0.1, 0.15) is 0 Å². The van der Waals surface area contributed by atoms with E-state index in [1.54, 1.807) is 0 Å². The third-order valence-electron chi connectivity index (χ3n) is 22.0. The van der Waals surface area contributed by atoms with E-state index in [0.29, 0.717) is 0 Å². The van der Waals surface area contributed by atoms with Gasteiger partial charge in [-0.15, -0.1) is 22.7 Å². The van der Waals surface area contributed by atoms with Gasteiger partial charge in [0, 0.05) is 110 Å². The number of anilines is 15. The molecule has 0 spiro atoms. The predicted molar refractivity (Wildman–Crippen MR) is 452 cm³/mol. The van der Waals surface area contributed by atoms with Gasteiger partial charge in [-0.3, -0.25) is 0 Å². The van der Waals surface area contributed by atoms with Crippen LogP contribution in [0.4, 0.5) is 85.3 Å². The van der Waals surface area contributed by atoms with Crippen molar-refractivity contribution in [2.75, 3.05) is 24.5 Å². The van der Waals surface area contributed by atoms with Crippen molar-refractivity contribution < 1.29 is 4.74 Å². The molecule has 0 fully saturated rings. The Kier molecular flexibility index (Phi) is 13.8. The topological polar surface area (TPSA) is 25.4 Å². The zero-order chi connectivity index (χ0) is 69.5. The molecule has 106 heavy (non-hydrogen) atoms. The minimum Gasteiger partial charge on any atom is -0.458 e. The summed E-state index contributed by atoms with van der Waals surface area (Å²) in [6, 6.07) is 137. The van der Waals surface area contributed by atoms with Crippen LogP contribution in [0.15, 0.2) is 370 Å². The third-order valence-corrected chi connectivity index (χ3v) is 24.3. The number of ether oxygens (including phenoxy) is 1. The van der Waals surface area contributed by atoms with Crippen molar-refractivity contribution in [3.63, 3.8) is 0 Å². The van der Waals surface area contributed by atoms with E-state index in [1.165, 1.54) is 62.2 Å². The molecule has 0 aliphatic carbocycles. The van der Waals surface area contributed by atoms with Gasteiger partial charge in [0.2, 0.25) is 0 Å². The Hall–Kier alpha value is -13.1. The second kappa shape index (κ2) is 24.3. The van der Waals surface area contributed by atoms with Gasteiger partial charge in [-0.1, -0.05) is 249 Å². The fourth-order valence-corrected chi connectivity index (χ4v) is 20.0. The minimum absolute atomic E-state index is 0.259. The van der Waals surface area contributed by atoms with Crippen LogP contribution in [-0.4, -0.2) is 13.4 Å². The van der Waals surface area contributed by atoms with Gasteiger partial charge in [0.05, 0.1) is 33.1 Å². The summed E-state index contributed by atoms with van der Waals surface area (Å²) < 4.78 is 12.5. The van der Waals surface area contributed by atoms with Gasteiger partial charge < -0.3 is 29.2 Å². The number of rotatable bonds is 11. The number of thiophene rings is 2.